The predicted molar refractivity (Wildman–Crippen MR) is 80.1 cm³/mol. The van der Waals surface area contributed by atoms with Crippen molar-refractivity contribution in [2.75, 3.05) is 18.9 Å². The number of anilines is 1. The summed E-state index contributed by atoms with van der Waals surface area (Å²) in [6.07, 6.45) is 2.69. The molecule has 0 aliphatic rings. The van der Waals surface area contributed by atoms with Crippen LogP contribution in [0.4, 0.5) is 5.82 Å². The molecule has 0 bridgehead atoms. The predicted octanol–water partition coefficient (Wildman–Crippen LogP) is 2.06. The van der Waals surface area contributed by atoms with Crippen LogP contribution in [0.2, 0.25) is 0 Å². The van der Waals surface area contributed by atoms with Gasteiger partial charge >= 0.3 is 0 Å². The van der Waals surface area contributed by atoms with Gasteiger partial charge < -0.3 is 9.47 Å². The van der Waals surface area contributed by atoms with Crippen LogP contribution in [0.3, 0.4) is 0 Å². The van der Waals surface area contributed by atoms with Gasteiger partial charge in [0.05, 0.1) is 26.6 Å². The van der Waals surface area contributed by atoms with E-state index < -0.39 is 10.0 Å². The van der Waals surface area contributed by atoms with Crippen molar-refractivity contribution in [2.24, 2.45) is 0 Å². The molecular formula is C12H12BrN3O4S. The van der Waals surface area contributed by atoms with Crippen molar-refractivity contribution in [3.8, 4) is 11.5 Å². The van der Waals surface area contributed by atoms with E-state index in [1.54, 1.807) is 6.07 Å². The summed E-state index contributed by atoms with van der Waals surface area (Å²) in [7, 11) is -1.03. The minimum absolute atomic E-state index is 0.0472. The number of halogens is 1. The lowest BCUT2D eigenvalue weighted by Gasteiger charge is -2.12. The third-order valence-electron chi connectivity index (χ3n) is 2.52. The van der Waals surface area contributed by atoms with Crippen LogP contribution in [0, 0.1) is 0 Å². The van der Waals surface area contributed by atoms with Crippen LogP contribution in [0.25, 0.3) is 0 Å². The quantitative estimate of drug-likeness (QED) is 0.862. The van der Waals surface area contributed by atoms with Crippen LogP contribution in [0.1, 0.15) is 0 Å². The Hall–Kier alpha value is -1.87. The van der Waals surface area contributed by atoms with Crippen molar-refractivity contribution in [3.05, 3.63) is 35.2 Å². The molecule has 0 aliphatic carbocycles. The minimum Gasteiger partial charge on any atom is -0.497 e. The number of ether oxygens (including phenoxy) is 2. The summed E-state index contributed by atoms with van der Waals surface area (Å²) in [5.74, 6) is 0.703. The molecule has 0 saturated carbocycles. The zero-order chi connectivity index (χ0) is 15.5. The second-order valence-corrected chi connectivity index (χ2v) is 6.31. The molecule has 1 heterocycles. The van der Waals surface area contributed by atoms with E-state index in [0.29, 0.717) is 10.4 Å². The fourth-order valence-electron chi connectivity index (χ4n) is 1.55. The summed E-state index contributed by atoms with van der Waals surface area (Å²) in [5, 5.41) is 0. The van der Waals surface area contributed by atoms with Crippen molar-refractivity contribution in [1.29, 1.82) is 0 Å². The standard InChI is InChI=1S/C12H12BrN3O4S/c1-19-8-3-4-9(20-2)10(5-8)21(17,18)16-12-7-14-11(13)6-15-12/h3-7H,1-2H3,(H,15,16). The molecule has 0 aliphatic heterocycles. The number of sulfonamides is 1. The van der Waals surface area contributed by atoms with Gasteiger partial charge in [-0.25, -0.2) is 18.4 Å². The monoisotopic (exact) mass is 373 g/mol. The number of rotatable bonds is 5. The lowest BCUT2D eigenvalue weighted by Crippen LogP contribution is -2.15. The van der Waals surface area contributed by atoms with Crippen LogP contribution < -0.4 is 14.2 Å². The largest absolute Gasteiger partial charge is 0.497 e. The molecule has 7 nitrogen and oxygen atoms in total. The average molecular weight is 374 g/mol. The van der Waals surface area contributed by atoms with Crippen molar-refractivity contribution in [1.82, 2.24) is 9.97 Å². The second kappa shape index (κ2) is 6.27. The summed E-state index contributed by atoms with van der Waals surface area (Å²) in [6.45, 7) is 0. The Bertz CT molecular complexity index is 735. The van der Waals surface area contributed by atoms with E-state index in [2.05, 4.69) is 30.6 Å². The van der Waals surface area contributed by atoms with E-state index >= 15 is 0 Å². The van der Waals surface area contributed by atoms with E-state index in [-0.39, 0.29) is 16.5 Å². The van der Waals surface area contributed by atoms with E-state index in [9.17, 15) is 8.42 Å². The molecule has 0 spiro atoms. The van der Waals surface area contributed by atoms with E-state index in [0.717, 1.165) is 0 Å². The highest BCUT2D eigenvalue weighted by atomic mass is 79.9. The molecule has 0 atom stereocenters. The number of benzene rings is 1. The zero-order valence-corrected chi connectivity index (χ0v) is 13.6. The Balaban J connectivity index is 2.41. The third kappa shape index (κ3) is 3.61. The van der Waals surface area contributed by atoms with Gasteiger partial charge in [-0.3, -0.25) is 4.72 Å². The van der Waals surface area contributed by atoms with Gasteiger partial charge in [-0.2, -0.15) is 0 Å². The first-order valence-electron chi connectivity index (χ1n) is 5.68. The molecule has 21 heavy (non-hydrogen) atoms. The molecule has 0 unspecified atom stereocenters. The average Bonchev–Trinajstić information content (AvgIpc) is 2.48. The highest BCUT2D eigenvalue weighted by Gasteiger charge is 2.21. The molecule has 1 N–H and O–H groups in total. The molecule has 9 heteroatoms. The van der Waals surface area contributed by atoms with Crippen molar-refractivity contribution in [2.45, 2.75) is 4.90 Å². The van der Waals surface area contributed by atoms with Crippen LogP contribution in [-0.2, 0) is 10.0 Å². The Morgan fingerprint density at radius 2 is 1.90 bits per heavy atom. The lowest BCUT2D eigenvalue weighted by atomic mass is 10.3. The number of nitrogens with one attached hydrogen (secondary N) is 1. The number of hydrogen-bond acceptors (Lipinski definition) is 6. The molecule has 1 aromatic heterocycles. The van der Waals surface area contributed by atoms with Crippen LogP contribution in [-0.4, -0.2) is 32.6 Å². The van der Waals surface area contributed by atoms with Gasteiger partial charge in [0.2, 0.25) is 0 Å². The highest BCUT2D eigenvalue weighted by Crippen LogP contribution is 2.29. The number of nitrogens with zero attached hydrogens (tertiary/aromatic N) is 2. The van der Waals surface area contributed by atoms with Gasteiger partial charge in [0.25, 0.3) is 10.0 Å². The second-order valence-electron chi connectivity index (χ2n) is 3.85. The van der Waals surface area contributed by atoms with Gasteiger partial charge in [0.1, 0.15) is 21.0 Å². The fourth-order valence-corrected chi connectivity index (χ4v) is 2.93. The summed E-state index contributed by atoms with van der Waals surface area (Å²) in [5.41, 5.74) is 0. The Morgan fingerprint density at radius 1 is 1.14 bits per heavy atom. The summed E-state index contributed by atoms with van der Waals surface area (Å²) in [6, 6.07) is 4.49. The number of aromatic nitrogens is 2. The Morgan fingerprint density at radius 3 is 2.48 bits per heavy atom. The first-order valence-corrected chi connectivity index (χ1v) is 7.96. The topological polar surface area (TPSA) is 90.4 Å². The lowest BCUT2D eigenvalue weighted by molar-refractivity contribution is 0.392. The van der Waals surface area contributed by atoms with E-state index in [1.807, 2.05) is 0 Å². The molecule has 2 rings (SSSR count). The van der Waals surface area contributed by atoms with Crippen molar-refractivity contribution in [3.63, 3.8) is 0 Å². The maximum atomic E-state index is 12.4. The normalized spacial score (nSPS) is 11.0. The zero-order valence-electron chi connectivity index (χ0n) is 11.2. The highest BCUT2D eigenvalue weighted by molar-refractivity contribution is 9.10. The van der Waals surface area contributed by atoms with Crippen LogP contribution in [0.5, 0.6) is 11.5 Å². The summed E-state index contributed by atoms with van der Waals surface area (Å²) < 4.78 is 37.8. The van der Waals surface area contributed by atoms with Crippen LogP contribution in [0.15, 0.2) is 40.1 Å². The molecule has 0 radical (unpaired) electrons. The van der Waals surface area contributed by atoms with Crippen LogP contribution >= 0.6 is 15.9 Å². The Labute approximate surface area is 130 Å². The molecule has 0 amide bonds. The number of methoxy groups -OCH3 is 2. The first kappa shape index (κ1) is 15.5. The minimum atomic E-state index is -3.87. The van der Waals surface area contributed by atoms with Gasteiger partial charge in [-0.05, 0) is 28.1 Å². The van der Waals surface area contributed by atoms with Crippen molar-refractivity contribution < 1.29 is 17.9 Å². The van der Waals surface area contributed by atoms with E-state index in [1.165, 1.54) is 38.7 Å². The molecule has 1 aromatic carbocycles. The first-order chi connectivity index (χ1) is 9.96. The third-order valence-corrected chi connectivity index (χ3v) is 4.31. The van der Waals surface area contributed by atoms with Crippen molar-refractivity contribution >= 4 is 31.8 Å². The van der Waals surface area contributed by atoms with Gasteiger partial charge in [0, 0.05) is 6.07 Å². The smallest absolute Gasteiger partial charge is 0.266 e. The molecule has 112 valence electrons. The molecule has 0 fully saturated rings. The maximum Gasteiger partial charge on any atom is 0.266 e. The van der Waals surface area contributed by atoms with Gasteiger partial charge in [-0.1, -0.05) is 0 Å². The van der Waals surface area contributed by atoms with Gasteiger partial charge in [-0.15, -0.1) is 0 Å². The molecule has 2 aromatic rings. The summed E-state index contributed by atoms with van der Waals surface area (Å²) >= 11 is 3.12. The summed E-state index contributed by atoms with van der Waals surface area (Å²) in [4.78, 5) is 7.77. The maximum absolute atomic E-state index is 12.4. The van der Waals surface area contributed by atoms with Gasteiger partial charge in [0.15, 0.2) is 5.82 Å². The molecular weight excluding hydrogens is 362 g/mol. The van der Waals surface area contributed by atoms with E-state index in [4.69, 9.17) is 9.47 Å². The number of hydrogen-bond donors (Lipinski definition) is 1. The Kier molecular flexibility index (Phi) is 4.63. The SMILES string of the molecule is COc1ccc(OC)c(S(=O)(=O)Nc2cnc(Br)cn2)c1. The molecule has 0 saturated heterocycles. The fraction of sp³-hybridized carbons (Fsp3) is 0.167.